The van der Waals surface area contributed by atoms with Crippen LogP contribution >= 0.6 is 0 Å². The van der Waals surface area contributed by atoms with Gasteiger partial charge in [0.15, 0.2) is 31.2 Å². The average molecular weight is 362 g/mol. The second kappa shape index (κ2) is 9.33. The van der Waals surface area contributed by atoms with E-state index in [0.717, 1.165) is 0 Å². The first-order valence-corrected chi connectivity index (χ1v) is 7.70. The van der Waals surface area contributed by atoms with E-state index in [1.807, 2.05) is 0 Å². The summed E-state index contributed by atoms with van der Waals surface area (Å²) in [6.07, 6.45) is -2.89. The summed E-state index contributed by atoms with van der Waals surface area (Å²) >= 11 is 0. The van der Waals surface area contributed by atoms with Gasteiger partial charge in [-0.2, -0.15) is 0 Å². The van der Waals surface area contributed by atoms with Crippen LogP contribution in [0.15, 0.2) is 0 Å². The zero-order chi connectivity index (χ0) is 19.0. The van der Waals surface area contributed by atoms with E-state index in [1.54, 1.807) is 13.8 Å². The van der Waals surface area contributed by atoms with Crippen molar-refractivity contribution in [3.8, 4) is 0 Å². The molecule has 2 atom stereocenters. The minimum absolute atomic E-state index is 0.134. The third-order valence-corrected chi connectivity index (χ3v) is 2.84. The van der Waals surface area contributed by atoms with Crippen molar-refractivity contribution in [3.05, 3.63) is 0 Å². The Morgan fingerprint density at radius 1 is 0.760 bits per heavy atom. The summed E-state index contributed by atoms with van der Waals surface area (Å²) in [5, 5.41) is 0. The van der Waals surface area contributed by atoms with Crippen LogP contribution in [0, 0.1) is 0 Å². The molecule has 0 radical (unpaired) electrons. The molecule has 1 saturated heterocycles. The number of esters is 4. The third kappa shape index (κ3) is 6.67. The lowest BCUT2D eigenvalue weighted by Gasteiger charge is -2.16. The minimum Gasteiger partial charge on any atom is -0.463 e. The largest absolute Gasteiger partial charge is 0.463 e. The molecule has 10 heteroatoms. The van der Waals surface area contributed by atoms with Gasteiger partial charge in [0.25, 0.3) is 0 Å². The SMILES string of the molecule is CCOC(=O)COC(=O)[C@@H]1OC(C)(C)O[C@H]1C(=O)OCC(=O)OCC. The molecule has 1 rings (SSSR count). The van der Waals surface area contributed by atoms with Gasteiger partial charge in [-0.25, -0.2) is 19.2 Å². The Kier molecular flexibility index (Phi) is 7.78. The Morgan fingerprint density at radius 3 is 1.44 bits per heavy atom. The molecule has 1 heterocycles. The zero-order valence-electron chi connectivity index (χ0n) is 14.6. The molecular weight excluding hydrogens is 340 g/mol. The van der Waals surface area contributed by atoms with Crippen molar-refractivity contribution in [1.82, 2.24) is 0 Å². The second-order valence-corrected chi connectivity index (χ2v) is 5.30. The van der Waals surface area contributed by atoms with E-state index in [9.17, 15) is 19.2 Å². The molecule has 0 aromatic rings. The van der Waals surface area contributed by atoms with Gasteiger partial charge in [-0.05, 0) is 27.7 Å². The van der Waals surface area contributed by atoms with Gasteiger partial charge in [-0.1, -0.05) is 0 Å². The molecule has 25 heavy (non-hydrogen) atoms. The van der Waals surface area contributed by atoms with Crippen molar-refractivity contribution in [3.63, 3.8) is 0 Å². The molecule has 142 valence electrons. The van der Waals surface area contributed by atoms with E-state index in [0.29, 0.717) is 0 Å². The van der Waals surface area contributed by atoms with Crippen molar-refractivity contribution in [1.29, 1.82) is 0 Å². The lowest BCUT2D eigenvalue weighted by atomic mass is 10.2. The van der Waals surface area contributed by atoms with Gasteiger partial charge in [0.1, 0.15) is 0 Å². The van der Waals surface area contributed by atoms with Gasteiger partial charge in [0.05, 0.1) is 13.2 Å². The first-order chi connectivity index (χ1) is 11.7. The van der Waals surface area contributed by atoms with E-state index < -0.39 is 55.1 Å². The molecule has 10 nitrogen and oxygen atoms in total. The topological polar surface area (TPSA) is 124 Å². The van der Waals surface area contributed by atoms with Gasteiger partial charge in [0.2, 0.25) is 0 Å². The quantitative estimate of drug-likeness (QED) is 0.420. The van der Waals surface area contributed by atoms with Crippen molar-refractivity contribution in [2.24, 2.45) is 0 Å². The Hall–Kier alpha value is -2.20. The Morgan fingerprint density at radius 2 is 1.12 bits per heavy atom. The van der Waals surface area contributed by atoms with E-state index in [1.165, 1.54) is 13.8 Å². The molecule has 0 bridgehead atoms. The van der Waals surface area contributed by atoms with Crippen LogP contribution in [0.25, 0.3) is 0 Å². The monoisotopic (exact) mass is 362 g/mol. The molecular formula is C15H22O10. The highest BCUT2D eigenvalue weighted by Gasteiger charge is 2.51. The number of carbonyl (C=O) groups is 4. The number of hydrogen-bond donors (Lipinski definition) is 0. The molecule has 0 saturated carbocycles. The van der Waals surface area contributed by atoms with Crippen LogP contribution in [-0.4, -0.2) is 68.3 Å². The average Bonchev–Trinajstić information content (AvgIpc) is 2.87. The standard InChI is InChI=1S/C15H22O10/c1-5-20-9(16)7-22-13(18)11-12(25-15(3,4)24-11)14(19)23-8-10(17)21-6-2/h11-12H,5-8H2,1-4H3/t11-,12-/m1/s1. The van der Waals surface area contributed by atoms with Crippen LogP contribution in [0.1, 0.15) is 27.7 Å². The van der Waals surface area contributed by atoms with Gasteiger partial charge < -0.3 is 28.4 Å². The molecule has 0 unspecified atom stereocenters. The van der Waals surface area contributed by atoms with Gasteiger partial charge in [-0.15, -0.1) is 0 Å². The lowest BCUT2D eigenvalue weighted by molar-refractivity contribution is -0.176. The Balaban J connectivity index is 2.65. The van der Waals surface area contributed by atoms with Crippen LogP contribution in [0.2, 0.25) is 0 Å². The molecule has 0 aliphatic carbocycles. The van der Waals surface area contributed by atoms with Crippen LogP contribution < -0.4 is 0 Å². The number of rotatable bonds is 8. The fourth-order valence-electron chi connectivity index (χ4n) is 1.94. The predicted molar refractivity (Wildman–Crippen MR) is 79.0 cm³/mol. The molecule has 0 aromatic heterocycles. The predicted octanol–water partition coefficient (Wildman–Crippen LogP) is -0.281. The van der Waals surface area contributed by atoms with Crippen LogP contribution in [-0.2, 0) is 47.6 Å². The maximum absolute atomic E-state index is 12.1. The zero-order valence-corrected chi connectivity index (χ0v) is 14.6. The highest BCUT2D eigenvalue weighted by molar-refractivity contribution is 5.88. The third-order valence-electron chi connectivity index (χ3n) is 2.84. The van der Waals surface area contributed by atoms with Gasteiger partial charge >= 0.3 is 23.9 Å². The van der Waals surface area contributed by atoms with Crippen LogP contribution in [0.4, 0.5) is 0 Å². The second-order valence-electron chi connectivity index (χ2n) is 5.30. The molecule has 1 aliphatic rings. The summed E-state index contributed by atoms with van der Waals surface area (Å²) in [6.45, 7) is 5.19. The summed E-state index contributed by atoms with van der Waals surface area (Å²) in [4.78, 5) is 46.6. The van der Waals surface area contributed by atoms with Crippen LogP contribution in [0.3, 0.4) is 0 Å². The van der Waals surface area contributed by atoms with E-state index in [-0.39, 0.29) is 13.2 Å². The van der Waals surface area contributed by atoms with Crippen molar-refractivity contribution >= 4 is 23.9 Å². The maximum atomic E-state index is 12.1. The maximum Gasteiger partial charge on any atom is 0.344 e. The smallest absolute Gasteiger partial charge is 0.344 e. The number of ether oxygens (including phenoxy) is 6. The number of hydrogen-bond acceptors (Lipinski definition) is 10. The minimum atomic E-state index is -1.45. The number of carbonyl (C=O) groups excluding carboxylic acids is 4. The normalized spacial score (nSPS) is 21.3. The lowest BCUT2D eigenvalue weighted by Crippen LogP contribution is -2.40. The van der Waals surface area contributed by atoms with Crippen molar-refractivity contribution < 1.29 is 47.6 Å². The van der Waals surface area contributed by atoms with Gasteiger partial charge in [-0.3, -0.25) is 0 Å². The summed E-state index contributed by atoms with van der Waals surface area (Å²) in [5.41, 5.74) is 0. The summed E-state index contributed by atoms with van der Waals surface area (Å²) < 4.78 is 29.4. The fourth-order valence-corrected chi connectivity index (χ4v) is 1.94. The van der Waals surface area contributed by atoms with E-state index in [2.05, 4.69) is 9.47 Å². The van der Waals surface area contributed by atoms with E-state index >= 15 is 0 Å². The molecule has 0 spiro atoms. The summed E-state index contributed by atoms with van der Waals surface area (Å²) in [6, 6.07) is 0. The van der Waals surface area contributed by atoms with Crippen LogP contribution in [0.5, 0.6) is 0 Å². The van der Waals surface area contributed by atoms with Gasteiger partial charge in [0, 0.05) is 0 Å². The molecule has 0 N–H and O–H groups in total. The Labute approximate surface area is 144 Å². The van der Waals surface area contributed by atoms with Crippen molar-refractivity contribution in [2.75, 3.05) is 26.4 Å². The molecule has 0 aromatic carbocycles. The molecule has 1 fully saturated rings. The molecule has 1 aliphatic heterocycles. The highest BCUT2D eigenvalue weighted by atomic mass is 16.8. The fraction of sp³-hybridized carbons (Fsp3) is 0.733. The summed E-state index contributed by atoms with van der Waals surface area (Å²) in [5.74, 6) is -4.72. The first kappa shape index (κ1) is 20.8. The first-order valence-electron chi connectivity index (χ1n) is 7.70. The van der Waals surface area contributed by atoms with Crippen molar-refractivity contribution in [2.45, 2.75) is 45.7 Å². The molecule has 0 amide bonds. The highest BCUT2D eigenvalue weighted by Crippen LogP contribution is 2.29. The Bertz CT molecular complexity index is 468. The summed E-state index contributed by atoms with van der Waals surface area (Å²) in [7, 11) is 0. The van der Waals surface area contributed by atoms with E-state index in [4.69, 9.17) is 18.9 Å².